The van der Waals surface area contributed by atoms with E-state index in [1.54, 1.807) is 24.3 Å². The second kappa shape index (κ2) is 11.7. The van der Waals surface area contributed by atoms with E-state index in [0.717, 1.165) is 19.6 Å². The summed E-state index contributed by atoms with van der Waals surface area (Å²) >= 11 is 2.20. The van der Waals surface area contributed by atoms with E-state index in [1.165, 1.54) is 0 Å². The van der Waals surface area contributed by atoms with Gasteiger partial charge in [-0.05, 0) is 76.5 Å². The van der Waals surface area contributed by atoms with Crippen molar-refractivity contribution >= 4 is 46.1 Å². The molecule has 3 aromatic carbocycles. The van der Waals surface area contributed by atoms with Crippen LogP contribution in [0.5, 0.6) is 5.75 Å². The van der Waals surface area contributed by atoms with Gasteiger partial charge in [0.2, 0.25) is 5.91 Å². The number of amides is 4. The van der Waals surface area contributed by atoms with Crippen molar-refractivity contribution in [2.24, 2.45) is 0 Å². The normalized spacial score (nSPS) is 16.8. The first-order chi connectivity index (χ1) is 17.8. The zero-order chi connectivity index (χ0) is 26.5. The number of aryl methyl sites for hydroxylation is 1. The van der Waals surface area contributed by atoms with Crippen molar-refractivity contribution in [1.82, 2.24) is 10.2 Å². The van der Waals surface area contributed by atoms with Crippen LogP contribution < -0.4 is 15.4 Å². The molecule has 1 aliphatic heterocycles. The molecule has 3 atom stereocenters. The van der Waals surface area contributed by atoms with Gasteiger partial charge >= 0.3 is 6.03 Å². The fourth-order valence-electron chi connectivity index (χ4n) is 4.38. The number of halogens is 1. The van der Waals surface area contributed by atoms with Crippen molar-refractivity contribution in [2.45, 2.75) is 31.8 Å². The monoisotopic (exact) mass is 613 g/mol. The molecular weight excluding hydrogens is 585 g/mol. The smallest absolute Gasteiger partial charge is 0.325 e. The highest BCUT2D eigenvalue weighted by molar-refractivity contribution is 14.1. The molecule has 3 aromatic rings. The van der Waals surface area contributed by atoms with Gasteiger partial charge in [0.25, 0.3) is 5.91 Å². The predicted molar refractivity (Wildman–Crippen MR) is 148 cm³/mol. The molecule has 1 heterocycles. The molecule has 1 saturated heterocycles. The molecule has 0 radical (unpaired) electrons. The summed E-state index contributed by atoms with van der Waals surface area (Å²) in [5, 5.41) is 14.6. The number of hydrogen-bond donors (Lipinski definition) is 3. The molecule has 9 heteroatoms. The van der Waals surface area contributed by atoms with Crippen LogP contribution in [0, 0.1) is 10.5 Å². The molecule has 192 valence electrons. The van der Waals surface area contributed by atoms with Crippen LogP contribution in [0.25, 0.3) is 0 Å². The summed E-state index contributed by atoms with van der Waals surface area (Å²) in [4.78, 5) is 41.5. The van der Waals surface area contributed by atoms with Crippen LogP contribution in [0.1, 0.15) is 35.6 Å². The SMILES string of the molecule is Cc1cc(I)ccc1NC(=O)[C@H]([C@@H](C)c1ccccc1)N1C(=O)N[C@H](c2ccc(OCCO)cc2)C1=O. The highest BCUT2D eigenvalue weighted by Gasteiger charge is 2.47. The maximum absolute atomic E-state index is 13.7. The van der Waals surface area contributed by atoms with Crippen molar-refractivity contribution in [1.29, 1.82) is 0 Å². The maximum Gasteiger partial charge on any atom is 0.325 e. The molecule has 1 aliphatic rings. The number of imide groups is 1. The van der Waals surface area contributed by atoms with E-state index in [-0.39, 0.29) is 13.2 Å². The van der Waals surface area contributed by atoms with Gasteiger partial charge in [-0.3, -0.25) is 9.59 Å². The number of urea groups is 1. The summed E-state index contributed by atoms with van der Waals surface area (Å²) in [7, 11) is 0. The largest absolute Gasteiger partial charge is 0.491 e. The van der Waals surface area contributed by atoms with E-state index in [9.17, 15) is 14.4 Å². The third kappa shape index (κ3) is 5.94. The van der Waals surface area contributed by atoms with Crippen LogP contribution in [-0.4, -0.2) is 47.1 Å². The summed E-state index contributed by atoms with van der Waals surface area (Å²) < 4.78 is 6.41. The minimum atomic E-state index is -1.08. The van der Waals surface area contributed by atoms with E-state index in [1.807, 2.05) is 62.4 Å². The Morgan fingerprint density at radius 2 is 1.81 bits per heavy atom. The third-order valence-electron chi connectivity index (χ3n) is 6.34. The molecule has 0 unspecified atom stereocenters. The lowest BCUT2D eigenvalue weighted by molar-refractivity contribution is -0.134. The van der Waals surface area contributed by atoms with Crippen molar-refractivity contribution in [3.63, 3.8) is 0 Å². The van der Waals surface area contributed by atoms with Crippen molar-refractivity contribution in [3.05, 3.63) is 93.1 Å². The average Bonchev–Trinajstić information content (AvgIpc) is 3.19. The van der Waals surface area contributed by atoms with Gasteiger partial charge in [0.15, 0.2) is 0 Å². The Bertz CT molecular complexity index is 1280. The summed E-state index contributed by atoms with van der Waals surface area (Å²) in [6.07, 6.45) is 0. The van der Waals surface area contributed by atoms with E-state index < -0.39 is 35.8 Å². The third-order valence-corrected chi connectivity index (χ3v) is 7.01. The number of rotatable bonds is 9. The Hall–Kier alpha value is -3.44. The average molecular weight is 613 g/mol. The number of carbonyl (C=O) groups is 3. The molecular formula is C28H28IN3O5. The van der Waals surface area contributed by atoms with E-state index in [0.29, 0.717) is 17.0 Å². The number of hydrogen-bond acceptors (Lipinski definition) is 5. The van der Waals surface area contributed by atoms with Crippen molar-refractivity contribution in [3.8, 4) is 5.75 Å². The van der Waals surface area contributed by atoms with Gasteiger partial charge in [-0.2, -0.15) is 0 Å². The molecule has 1 fully saturated rings. The standard InChI is InChI=1S/C28H28IN3O5/c1-17-16-21(29)10-13-23(17)30-26(34)25(18(2)19-6-4-3-5-7-19)32-27(35)24(31-28(32)36)20-8-11-22(12-9-20)37-15-14-33/h3-13,16,18,24-25,33H,14-15H2,1-2H3,(H,30,34)(H,31,36)/t18-,24+,25-/m0/s1. The van der Waals surface area contributed by atoms with Crippen molar-refractivity contribution < 1.29 is 24.2 Å². The van der Waals surface area contributed by atoms with Crippen molar-refractivity contribution in [2.75, 3.05) is 18.5 Å². The zero-order valence-electron chi connectivity index (χ0n) is 20.5. The summed E-state index contributed by atoms with van der Waals surface area (Å²) in [5.41, 5.74) is 2.90. The van der Waals surface area contributed by atoms with Gasteiger partial charge < -0.3 is 20.5 Å². The molecule has 3 N–H and O–H groups in total. The quantitative estimate of drug-likeness (QED) is 0.246. The first-order valence-electron chi connectivity index (χ1n) is 11.9. The minimum absolute atomic E-state index is 0.112. The van der Waals surface area contributed by atoms with Gasteiger partial charge in [0, 0.05) is 15.2 Å². The Balaban J connectivity index is 1.64. The van der Waals surface area contributed by atoms with Crippen LogP contribution in [0.15, 0.2) is 72.8 Å². The molecule has 4 rings (SSSR count). The molecule has 0 spiro atoms. The predicted octanol–water partition coefficient (Wildman–Crippen LogP) is 4.37. The van der Waals surface area contributed by atoms with E-state index in [4.69, 9.17) is 9.84 Å². The molecule has 0 aliphatic carbocycles. The molecule has 0 bridgehead atoms. The number of nitrogens with one attached hydrogen (secondary N) is 2. The van der Waals surface area contributed by atoms with Gasteiger partial charge in [0.1, 0.15) is 24.4 Å². The Kier molecular flexibility index (Phi) is 8.45. The highest BCUT2D eigenvalue weighted by atomic mass is 127. The zero-order valence-corrected chi connectivity index (χ0v) is 22.6. The van der Waals surface area contributed by atoms with Crippen LogP contribution in [0.4, 0.5) is 10.5 Å². The fourth-order valence-corrected chi connectivity index (χ4v) is 5.03. The number of benzene rings is 3. The second-order valence-electron chi connectivity index (χ2n) is 8.82. The molecule has 37 heavy (non-hydrogen) atoms. The number of anilines is 1. The fraction of sp³-hybridized carbons (Fsp3) is 0.250. The first-order valence-corrected chi connectivity index (χ1v) is 13.0. The molecule has 0 aromatic heterocycles. The highest BCUT2D eigenvalue weighted by Crippen LogP contribution is 2.32. The molecule has 4 amide bonds. The summed E-state index contributed by atoms with van der Waals surface area (Å²) in [6.45, 7) is 3.77. The second-order valence-corrected chi connectivity index (χ2v) is 10.1. The summed E-state index contributed by atoms with van der Waals surface area (Å²) in [6, 6.07) is 19.1. The lowest BCUT2D eigenvalue weighted by atomic mass is 9.91. The van der Waals surface area contributed by atoms with Crippen LogP contribution in [-0.2, 0) is 9.59 Å². The number of carbonyl (C=O) groups excluding carboxylic acids is 3. The van der Waals surface area contributed by atoms with Crippen LogP contribution in [0.3, 0.4) is 0 Å². The van der Waals surface area contributed by atoms with Gasteiger partial charge in [-0.25, -0.2) is 9.69 Å². The van der Waals surface area contributed by atoms with E-state index in [2.05, 4.69) is 33.2 Å². The number of ether oxygens (including phenoxy) is 1. The first kappa shape index (κ1) is 26.6. The molecule has 8 nitrogen and oxygen atoms in total. The maximum atomic E-state index is 13.7. The lowest BCUT2D eigenvalue weighted by Gasteiger charge is -2.30. The minimum Gasteiger partial charge on any atom is -0.491 e. The Labute approximate surface area is 229 Å². The number of aliphatic hydroxyl groups excluding tert-OH is 1. The van der Waals surface area contributed by atoms with Gasteiger partial charge in [-0.1, -0.05) is 49.4 Å². The summed E-state index contributed by atoms with van der Waals surface area (Å²) in [5.74, 6) is -0.879. The molecule has 0 saturated carbocycles. The Morgan fingerprint density at radius 1 is 1.11 bits per heavy atom. The van der Waals surface area contributed by atoms with Gasteiger partial charge in [-0.15, -0.1) is 0 Å². The van der Waals surface area contributed by atoms with Gasteiger partial charge in [0.05, 0.1) is 6.61 Å². The van der Waals surface area contributed by atoms with E-state index >= 15 is 0 Å². The van der Waals surface area contributed by atoms with Crippen LogP contribution >= 0.6 is 22.6 Å². The Morgan fingerprint density at radius 3 is 2.46 bits per heavy atom. The van der Waals surface area contributed by atoms with Crippen LogP contribution in [0.2, 0.25) is 0 Å². The lowest BCUT2D eigenvalue weighted by Crippen LogP contribution is -2.50. The number of nitrogens with zero attached hydrogens (tertiary/aromatic N) is 1. The topological polar surface area (TPSA) is 108 Å². The number of aliphatic hydroxyl groups is 1.